The van der Waals surface area contributed by atoms with E-state index in [1.54, 1.807) is 11.8 Å². The van der Waals surface area contributed by atoms with E-state index in [2.05, 4.69) is 17.0 Å². The molecule has 0 aromatic heterocycles. The molecule has 4 rings (SSSR count). The van der Waals surface area contributed by atoms with E-state index in [1.807, 2.05) is 60.7 Å². The SMILES string of the molecule is CC(OC(=O)COc1ccc2ccccc2c1)C(=O)N1CCN(c2ccccc2)CC1. The number of anilines is 1. The molecule has 0 radical (unpaired) electrons. The van der Waals surface area contributed by atoms with E-state index < -0.39 is 12.1 Å². The largest absolute Gasteiger partial charge is 0.482 e. The van der Waals surface area contributed by atoms with Crippen LogP contribution >= 0.6 is 0 Å². The molecule has 0 aliphatic carbocycles. The monoisotopic (exact) mass is 418 g/mol. The molecular weight excluding hydrogens is 392 g/mol. The molecule has 1 saturated heterocycles. The van der Waals surface area contributed by atoms with E-state index in [0.717, 1.165) is 29.5 Å². The highest BCUT2D eigenvalue weighted by Crippen LogP contribution is 2.20. The molecule has 1 heterocycles. The van der Waals surface area contributed by atoms with Crippen LogP contribution < -0.4 is 9.64 Å². The number of para-hydroxylation sites is 1. The van der Waals surface area contributed by atoms with Gasteiger partial charge in [-0.3, -0.25) is 4.79 Å². The first-order valence-corrected chi connectivity index (χ1v) is 10.5. The summed E-state index contributed by atoms with van der Waals surface area (Å²) in [6.45, 7) is 4.08. The summed E-state index contributed by atoms with van der Waals surface area (Å²) in [5, 5.41) is 2.13. The first-order chi connectivity index (χ1) is 15.1. The lowest BCUT2D eigenvalue weighted by Gasteiger charge is -2.37. The molecule has 6 heteroatoms. The Labute approximate surface area is 182 Å². The van der Waals surface area contributed by atoms with Crippen LogP contribution in [0.1, 0.15) is 6.92 Å². The summed E-state index contributed by atoms with van der Waals surface area (Å²) in [4.78, 5) is 28.9. The maximum absolute atomic E-state index is 12.7. The van der Waals surface area contributed by atoms with E-state index in [9.17, 15) is 9.59 Å². The van der Waals surface area contributed by atoms with E-state index in [1.165, 1.54) is 0 Å². The van der Waals surface area contributed by atoms with Gasteiger partial charge < -0.3 is 19.3 Å². The Morgan fingerprint density at radius 3 is 2.29 bits per heavy atom. The minimum Gasteiger partial charge on any atom is -0.482 e. The Bertz CT molecular complexity index is 1050. The Balaban J connectivity index is 1.24. The number of esters is 1. The third-order valence-corrected chi connectivity index (χ3v) is 5.45. The first kappa shape index (κ1) is 20.7. The van der Waals surface area contributed by atoms with Crippen molar-refractivity contribution in [2.24, 2.45) is 0 Å². The summed E-state index contributed by atoms with van der Waals surface area (Å²) in [6.07, 6.45) is -0.837. The molecule has 1 aliphatic rings. The fraction of sp³-hybridized carbons (Fsp3) is 0.280. The molecule has 1 fully saturated rings. The molecule has 31 heavy (non-hydrogen) atoms. The van der Waals surface area contributed by atoms with Gasteiger partial charge in [0, 0.05) is 31.9 Å². The van der Waals surface area contributed by atoms with Gasteiger partial charge in [0.25, 0.3) is 5.91 Å². The lowest BCUT2D eigenvalue weighted by Crippen LogP contribution is -2.51. The number of ether oxygens (including phenoxy) is 2. The molecule has 3 aromatic rings. The van der Waals surface area contributed by atoms with Crippen LogP contribution in [0.15, 0.2) is 72.8 Å². The molecule has 0 N–H and O–H groups in total. The van der Waals surface area contributed by atoms with Gasteiger partial charge in [0.15, 0.2) is 12.7 Å². The summed E-state index contributed by atoms with van der Waals surface area (Å²) in [5.41, 5.74) is 1.15. The number of carbonyl (C=O) groups excluding carboxylic acids is 2. The predicted octanol–water partition coefficient (Wildman–Crippen LogP) is 3.50. The molecule has 1 atom stereocenters. The second kappa shape index (κ2) is 9.51. The average Bonchev–Trinajstić information content (AvgIpc) is 2.82. The lowest BCUT2D eigenvalue weighted by molar-refractivity contribution is -0.160. The minimum absolute atomic E-state index is 0.174. The Kier molecular flexibility index (Phi) is 6.36. The van der Waals surface area contributed by atoms with Crippen molar-refractivity contribution in [1.29, 1.82) is 0 Å². The number of rotatable bonds is 6. The fourth-order valence-corrected chi connectivity index (χ4v) is 3.76. The summed E-state index contributed by atoms with van der Waals surface area (Å²) < 4.78 is 10.9. The van der Waals surface area contributed by atoms with Crippen molar-refractivity contribution < 1.29 is 19.1 Å². The second-order valence-corrected chi connectivity index (χ2v) is 7.58. The number of hydrogen-bond donors (Lipinski definition) is 0. The van der Waals surface area contributed by atoms with Gasteiger partial charge in [-0.25, -0.2) is 4.79 Å². The second-order valence-electron chi connectivity index (χ2n) is 7.58. The molecule has 3 aromatic carbocycles. The third kappa shape index (κ3) is 5.15. The molecule has 1 unspecified atom stereocenters. The van der Waals surface area contributed by atoms with Crippen molar-refractivity contribution in [2.45, 2.75) is 13.0 Å². The first-order valence-electron chi connectivity index (χ1n) is 10.5. The molecule has 0 saturated carbocycles. The zero-order valence-electron chi connectivity index (χ0n) is 17.6. The number of hydrogen-bond acceptors (Lipinski definition) is 5. The van der Waals surface area contributed by atoms with Crippen molar-refractivity contribution in [1.82, 2.24) is 4.90 Å². The van der Waals surface area contributed by atoms with Crippen LogP contribution in [0.3, 0.4) is 0 Å². The number of nitrogens with zero attached hydrogens (tertiary/aromatic N) is 2. The van der Waals surface area contributed by atoms with Gasteiger partial charge >= 0.3 is 5.97 Å². The molecule has 160 valence electrons. The maximum atomic E-state index is 12.7. The minimum atomic E-state index is -0.837. The van der Waals surface area contributed by atoms with E-state index in [0.29, 0.717) is 18.8 Å². The van der Waals surface area contributed by atoms with Crippen molar-refractivity contribution in [3.63, 3.8) is 0 Å². The number of piperazine rings is 1. The lowest BCUT2D eigenvalue weighted by atomic mass is 10.1. The molecule has 1 amide bonds. The van der Waals surface area contributed by atoms with E-state index in [-0.39, 0.29) is 12.5 Å². The number of benzene rings is 3. The van der Waals surface area contributed by atoms with Gasteiger partial charge in [0.1, 0.15) is 5.75 Å². The van der Waals surface area contributed by atoms with Crippen LogP contribution in [0.5, 0.6) is 5.75 Å². The standard InChI is InChI=1S/C25H26N2O4/c1-19(25(29)27-15-13-26(14-16-27)22-9-3-2-4-10-22)31-24(28)18-30-23-12-11-20-7-5-6-8-21(20)17-23/h2-12,17,19H,13-16,18H2,1H3. The van der Waals surface area contributed by atoms with Crippen molar-refractivity contribution in [2.75, 3.05) is 37.7 Å². The summed E-state index contributed by atoms with van der Waals surface area (Å²) in [5.74, 6) is -0.143. The summed E-state index contributed by atoms with van der Waals surface area (Å²) in [7, 11) is 0. The van der Waals surface area contributed by atoms with Crippen molar-refractivity contribution in [3.8, 4) is 5.75 Å². The Hall–Kier alpha value is -3.54. The highest BCUT2D eigenvalue weighted by Gasteiger charge is 2.27. The van der Waals surface area contributed by atoms with Gasteiger partial charge in [-0.15, -0.1) is 0 Å². The quantitative estimate of drug-likeness (QED) is 0.574. The summed E-state index contributed by atoms with van der Waals surface area (Å²) >= 11 is 0. The van der Waals surface area contributed by atoms with Gasteiger partial charge in [-0.05, 0) is 42.0 Å². The normalized spacial score (nSPS) is 14.9. The molecule has 1 aliphatic heterocycles. The zero-order chi connectivity index (χ0) is 21.6. The number of fused-ring (bicyclic) bond motifs is 1. The van der Waals surface area contributed by atoms with Crippen LogP contribution in [0.25, 0.3) is 10.8 Å². The van der Waals surface area contributed by atoms with Crippen LogP contribution in [-0.4, -0.2) is 55.7 Å². The highest BCUT2D eigenvalue weighted by atomic mass is 16.6. The van der Waals surface area contributed by atoms with Gasteiger partial charge in [0.2, 0.25) is 0 Å². The van der Waals surface area contributed by atoms with Crippen LogP contribution in [0.4, 0.5) is 5.69 Å². The zero-order valence-corrected chi connectivity index (χ0v) is 17.6. The van der Waals surface area contributed by atoms with Crippen molar-refractivity contribution >= 4 is 28.3 Å². The molecule has 0 spiro atoms. The van der Waals surface area contributed by atoms with E-state index in [4.69, 9.17) is 9.47 Å². The average molecular weight is 418 g/mol. The number of carbonyl (C=O) groups is 2. The third-order valence-electron chi connectivity index (χ3n) is 5.45. The smallest absolute Gasteiger partial charge is 0.344 e. The predicted molar refractivity (Wildman–Crippen MR) is 120 cm³/mol. The maximum Gasteiger partial charge on any atom is 0.344 e. The van der Waals surface area contributed by atoms with Gasteiger partial charge in [0.05, 0.1) is 0 Å². The fourth-order valence-electron chi connectivity index (χ4n) is 3.76. The molecule has 6 nitrogen and oxygen atoms in total. The van der Waals surface area contributed by atoms with Gasteiger partial charge in [-0.1, -0.05) is 48.5 Å². The summed E-state index contributed by atoms with van der Waals surface area (Å²) in [6, 6.07) is 23.7. The van der Waals surface area contributed by atoms with Crippen LogP contribution in [0, 0.1) is 0 Å². The topological polar surface area (TPSA) is 59.1 Å². The Morgan fingerprint density at radius 1 is 0.871 bits per heavy atom. The highest BCUT2D eigenvalue weighted by molar-refractivity contribution is 5.85. The van der Waals surface area contributed by atoms with Crippen LogP contribution in [-0.2, 0) is 14.3 Å². The molecule has 0 bridgehead atoms. The number of amides is 1. The van der Waals surface area contributed by atoms with E-state index >= 15 is 0 Å². The Morgan fingerprint density at radius 2 is 1.55 bits per heavy atom. The van der Waals surface area contributed by atoms with Crippen molar-refractivity contribution in [3.05, 3.63) is 72.8 Å². The van der Waals surface area contributed by atoms with Crippen LogP contribution in [0.2, 0.25) is 0 Å². The molecular formula is C25H26N2O4. The van der Waals surface area contributed by atoms with Gasteiger partial charge in [-0.2, -0.15) is 0 Å².